The minimum Gasteiger partial charge on any atom is -0.462 e. The molecule has 116 valence electrons. The molecule has 1 aliphatic carbocycles. The van der Waals surface area contributed by atoms with Crippen LogP contribution in [-0.4, -0.2) is 18.5 Å². The van der Waals surface area contributed by atoms with Crippen molar-refractivity contribution in [2.45, 2.75) is 47.0 Å². The number of thiophene rings is 1. The Morgan fingerprint density at radius 3 is 2.76 bits per heavy atom. The molecule has 0 radical (unpaired) electrons. The van der Waals surface area contributed by atoms with E-state index in [-0.39, 0.29) is 17.8 Å². The fourth-order valence-electron chi connectivity index (χ4n) is 2.51. The Morgan fingerprint density at radius 1 is 1.43 bits per heavy atom. The molecule has 1 amide bonds. The van der Waals surface area contributed by atoms with Crippen LogP contribution in [0.1, 0.15) is 54.9 Å². The van der Waals surface area contributed by atoms with Crippen molar-refractivity contribution in [2.75, 3.05) is 11.9 Å². The van der Waals surface area contributed by atoms with Crippen LogP contribution in [0, 0.1) is 11.8 Å². The Bertz CT molecular complexity index is 548. The molecule has 0 spiro atoms. The summed E-state index contributed by atoms with van der Waals surface area (Å²) in [5, 5.41) is 3.56. The van der Waals surface area contributed by atoms with E-state index in [2.05, 4.69) is 12.2 Å². The van der Waals surface area contributed by atoms with Crippen LogP contribution in [-0.2, 0) is 22.4 Å². The summed E-state index contributed by atoms with van der Waals surface area (Å²) in [4.78, 5) is 25.4. The van der Waals surface area contributed by atoms with Crippen molar-refractivity contribution in [3.63, 3.8) is 0 Å². The van der Waals surface area contributed by atoms with Gasteiger partial charge in [-0.15, -0.1) is 11.3 Å². The number of amides is 1. The second-order valence-electron chi connectivity index (χ2n) is 5.92. The van der Waals surface area contributed by atoms with Gasteiger partial charge in [-0.05, 0) is 37.7 Å². The normalized spacial score (nSPS) is 17.5. The lowest BCUT2D eigenvalue weighted by Gasteiger charge is -2.18. The third-order valence-electron chi connectivity index (χ3n) is 3.75. The van der Waals surface area contributed by atoms with Crippen molar-refractivity contribution < 1.29 is 14.3 Å². The summed E-state index contributed by atoms with van der Waals surface area (Å²) in [5.74, 6) is 0.133. The monoisotopic (exact) mass is 309 g/mol. The van der Waals surface area contributed by atoms with Crippen molar-refractivity contribution >= 4 is 28.2 Å². The number of fused-ring (bicyclic) bond motifs is 1. The van der Waals surface area contributed by atoms with Crippen molar-refractivity contribution in [1.29, 1.82) is 0 Å². The third-order valence-corrected chi connectivity index (χ3v) is 4.92. The molecular formula is C16H23NO3S. The van der Waals surface area contributed by atoms with Crippen molar-refractivity contribution in [3.8, 4) is 0 Å². The molecule has 0 aromatic carbocycles. The van der Waals surface area contributed by atoms with E-state index in [0.29, 0.717) is 23.1 Å². The van der Waals surface area contributed by atoms with Crippen molar-refractivity contribution in [1.82, 2.24) is 0 Å². The topological polar surface area (TPSA) is 55.4 Å². The first kappa shape index (κ1) is 16.0. The average molecular weight is 309 g/mol. The summed E-state index contributed by atoms with van der Waals surface area (Å²) in [6.45, 7) is 8.05. The molecule has 4 nitrogen and oxygen atoms in total. The Morgan fingerprint density at radius 2 is 2.14 bits per heavy atom. The van der Waals surface area contributed by atoms with Crippen LogP contribution in [0.15, 0.2) is 0 Å². The molecule has 1 aromatic heterocycles. The number of carbonyl (C=O) groups is 2. The molecule has 0 aliphatic heterocycles. The Kier molecular flexibility index (Phi) is 5.04. The van der Waals surface area contributed by atoms with E-state index >= 15 is 0 Å². The van der Waals surface area contributed by atoms with Crippen LogP contribution in [0.2, 0.25) is 0 Å². The molecular weight excluding hydrogens is 286 g/mol. The lowest BCUT2D eigenvalue weighted by Crippen LogP contribution is -2.19. The first-order chi connectivity index (χ1) is 9.93. The van der Waals surface area contributed by atoms with E-state index in [1.807, 2.05) is 13.8 Å². The van der Waals surface area contributed by atoms with Gasteiger partial charge >= 0.3 is 5.97 Å². The van der Waals surface area contributed by atoms with Gasteiger partial charge in [-0.2, -0.15) is 0 Å². The molecule has 0 fully saturated rings. The first-order valence-corrected chi connectivity index (χ1v) is 8.38. The molecule has 1 aliphatic rings. The Hall–Kier alpha value is -1.36. The largest absolute Gasteiger partial charge is 0.462 e. The zero-order chi connectivity index (χ0) is 15.6. The van der Waals surface area contributed by atoms with Gasteiger partial charge < -0.3 is 10.1 Å². The van der Waals surface area contributed by atoms with Gasteiger partial charge in [-0.25, -0.2) is 4.79 Å². The number of hydrogen-bond acceptors (Lipinski definition) is 4. The maximum Gasteiger partial charge on any atom is 0.341 e. The van der Waals surface area contributed by atoms with Crippen molar-refractivity contribution in [2.24, 2.45) is 11.8 Å². The van der Waals surface area contributed by atoms with E-state index in [1.54, 1.807) is 6.92 Å². The summed E-state index contributed by atoms with van der Waals surface area (Å²) >= 11 is 1.53. The highest BCUT2D eigenvalue weighted by Crippen LogP contribution is 2.40. The second-order valence-corrected chi connectivity index (χ2v) is 7.03. The number of anilines is 1. The Labute approximate surface area is 129 Å². The smallest absolute Gasteiger partial charge is 0.341 e. The molecule has 2 rings (SSSR count). The quantitative estimate of drug-likeness (QED) is 0.864. The van der Waals surface area contributed by atoms with E-state index in [4.69, 9.17) is 4.74 Å². The minimum absolute atomic E-state index is 0.0628. The van der Waals surface area contributed by atoms with Crippen molar-refractivity contribution in [3.05, 3.63) is 16.0 Å². The molecule has 1 aromatic rings. The standard InChI is InChI=1S/C16H23NO3S/c1-5-20-16(19)13-11-7-6-10(4)8-12(11)21-15(13)17-14(18)9(2)3/h9-10H,5-8H2,1-4H3,(H,17,18)/t10-/m0/s1. The lowest BCUT2D eigenvalue weighted by atomic mass is 9.88. The van der Waals surface area contributed by atoms with E-state index in [1.165, 1.54) is 16.2 Å². The SMILES string of the molecule is CCOC(=O)c1c(NC(=O)C(C)C)sc2c1CC[C@H](C)C2. The number of nitrogens with one attached hydrogen (secondary N) is 1. The Balaban J connectivity index is 2.38. The van der Waals surface area contributed by atoms with Gasteiger partial charge in [0.05, 0.1) is 12.2 Å². The lowest BCUT2D eigenvalue weighted by molar-refractivity contribution is -0.118. The number of esters is 1. The highest BCUT2D eigenvalue weighted by Gasteiger charge is 2.29. The molecule has 0 saturated carbocycles. The maximum absolute atomic E-state index is 12.3. The van der Waals surface area contributed by atoms with E-state index in [0.717, 1.165) is 24.8 Å². The zero-order valence-electron chi connectivity index (χ0n) is 13.1. The number of ether oxygens (including phenoxy) is 1. The van der Waals surface area contributed by atoms with Gasteiger partial charge in [-0.1, -0.05) is 20.8 Å². The maximum atomic E-state index is 12.3. The third kappa shape index (κ3) is 3.46. The molecule has 0 saturated heterocycles. The second kappa shape index (κ2) is 6.60. The predicted octanol–water partition coefficient (Wildman–Crippen LogP) is 3.64. The highest BCUT2D eigenvalue weighted by molar-refractivity contribution is 7.17. The molecule has 1 atom stereocenters. The summed E-state index contributed by atoms with van der Waals surface area (Å²) < 4.78 is 5.18. The molecule has 0 bridgehead atoms. The number of hydrogen-bond donors (Lipinski definition) is 1. The van der Waals surface area contributed by atoms with Gasteiger partial charge in [0.25, 0.3) is 0 Å². The van der Waals surface area contributed by atoms with Gasteiger partial charge in [-0.3, -0.25) is 4.79 Å². The molecule has 0 unspecified atom stereocenters. The van der Waals surface area contributed by atoms with Crippen LogP contribution in [0.3, 0.4) is 0 Å². The minimum atomic E-state index is -0.316. The summed E-state index contributed by atoms with van der Waals surface area (Å²) in [6.07, 6.45) is 2.94. The van der Waals surface area contributed by atoms with Crippen LogP contribution >= 0.6 is 11.3 Å². The fraction of sp³-hybridized carbons (Fsp3) is 0.625. The number of rotatable bonds is 4. The zero-order valence-corrected chi connectivity index (χ0v) is 13.9. The van der Waals surface area contributed by atoms with Crippen LogP contribution < -0.4 is 5.32 Å². The molecule has 1 N–H and O–H groups in total. The fourth-order valence-corrected chi connectivity index (χ4v) is 3.92. The molecule has 5 heteroatoms. The molecule has 21 heavy (non-hydrogen) atoms. The average Bonchev–Trinajstić information content (AvgIpc) is 2.75. The van der Waals surface area contributed by atoms with Crippen LogP contribution in [0.5, 0.6) is 0 Å². The first-order valence-electron chi connectivity index (χ1n) is 7.56. The van der Waals surface area contributed by atoms with Crippen LogP contribution in [0.25, 0.3) is 0 Å². The summed E-state index contributed by atoms with van der Waals surface area (Å²) in [7, 11) is 0. The van der Waals surface area contributed by atoms with Gasteiger partial charge in [0, 0.05) is 10.8 Å². The van der Waals surface area contributed by atoms with Gasteiger partial charge in [0.1, 0.15) is 5.00 Å². The van der Waals surface area contributed by atoms with E-state index in [9.17, 15) is 9.59 Å². The predicted molar refractivity (Wildman–Crippen MR) is 84.9 cm³/mol. The molecule has 1 heterocycles. The van der Waals surface area contributed by atoms with Gasteiger partial charge in [0.2, 0.25) is 5.91 Å². The number of carbonyl (C=O) groups excluding carboxylic acids is 2. The highest BCUT2D eigenvalue weighted by atomic mass is 32.1. The van der Waals surface area contributed by atoms with Crippen LogP contribution in [0.4, 0.5) is 5.00 Å². The van der Waals surface area contributed by atoms with Gasteiger partial charge in [0.15, 0.2) is 0 Å². The summed E-state index contributed by atoms with van der Waals surface area (Å²) in [5.41, 5.74) is 1.66. The summed E-state index contributed by atoms with van der Waals surface area (Å²) in [6, 6.07) is 0. The van der Waals surface area contributed by atoms with E-state index < -0.39 is 0 Å².